The van der Waals surface area contributed by atoms with Crippen molar-refractivity contribution in [2.45, 2.75) is 16.0 Å². The van der Waals surface area contributed by atoms with Crippen LogP contribution in [0, 0.1) is 0 Å². The van der Waals surface area contributed by atoms with Crippen LogP contribution in [0.2, 0.25) is 5.02 Å². The number of rotatable bonds is 4. The molecular weight excluding hydrogens is 450 g/mol. The van der Waals surface area contributed by atoms with Crippen molar-refractivity contribution in [2.24, 2.45) is 5.14 Å². The van der Waals surface area contributed by atoms with Gasteiger partial charge in [0.2, 0.25) is 20.0 Å². The molecule has 1 heterocycles. The van der Waals surface area contributed by atoms with E-state index in [0.29, 0.717) is 17.1 Å². The second kappa shape index (κ2) is 7.56. The maximum Gasteiger partial charge on any atom is 0.244 e. The number of primary sulfonamides is 1. The summed E-state index contributed by atoms with van der Waals surface area (Å²) in [4.78, 5) is -0.726. The Morgan fingerprint density at radius 3 is 2.37 bits per heavy atom. The number of para-hydroxylation sites is 1. The van der Waals surface area contributed by atoms with E-state index < -0.39 is 31.1 Å². The molecule has 0 aliphatic carbocycles. The van der Waals surface area contributed by atoms with Crippen LogP contribution in [0.25, 0.3) is 0 Å². The van der Waals surface area contributed by atoms with Gasteiger partial charge in [-0.15, -0.1) is 0 Å². The molecule has 0 bridgehead atoms. The van der Waals surface area contributed by atoms with Gasteiger partial charge in [-0.25, -0.2) is 22.0 Å². The highest BCUT2D eigenvalue weighted by Gasteiger charge is 2.32. The fourth-order valence-corrected chi connectivity index (χ4v) is 5.51. The monoisotopic (exact) mass is 465 g/mol. The minimum absolute atomic E-state index is 0.158. The molecule has 1 aliphatic heterocycles. The lowest BCUT2D eigenvalue weighted by molar-refractivity contribution is 0.481. The van der Waals surface area contributed by atoms with Gasteiger partial charge in [-0.05, 0) is 42.0 Å². The average molecular weight is 466 g/mol. The van der Waals surface area contributed by atoms with Crippen molar-refractivity contribution in [3.63, 3.8) is 0 Å². The van der Waals surface area contributed by atoms with Gasteiger partial charge in [0.05, 0.1) is 10.7 Å². The van der Waals surface area contributed by atoms with E-state index >= 15 is 0 Å². The van der Waals surface area contributed by atoms with Gasteiger partial charge < -0.3 is 10.1 Å². The van der Waals surface area contributed by atoms with E-state index in [9.17, 15) is 16.8 Å². The van der Waals surface area contributed by atoms with Crippen molar-refractivity contribution in [3.05, 3.63) is 77.3 Å². The van der Waals surface area contributed by atoms with Crippen LogP contribution in [-0.2, 0) is 20.0 Å². The molecule has 156 valence electrons. The van der Waals surface area contributed by atoms with E-state index in [-0.39, 0.29) is 15.6 Å². The number of hydrogen-bond acceptors (Lipinski definition) is 6. The van der Waals surface area contributed by atoms with Crippen molar-refractivity contribution in [1.29, 1.82) is 0 Å². The minimum atomic E-state index is -4.19. The zero-order chi connectivity index (χ0) is 21.5. The maximum absolute atomic E-state index is 12.8. The minimum Gasteiger partial charge on any atom is -0.457 e. The molecule has 0 saturated carbocycles. The van der Waals surface area contributed by atoms with E-state index in [0.717, 1.165) is 6.07 Å². The Bertz CT molecular complexity index is 1330. The summed E-state index contributed by atoms with van der Waals surface area (Å²) in [6.07, 6.45) is -0.821. The van der Waals surface area contributed by atoms with Crippen LogP contribution < -0.4 is 19.9 Å². The number of ether oxygens (including phenoxy) is 1. The average Bonchev–Trinajstić information content (AvgIpc) is 2.67. The smallest absolute Gasteiger partial charge is 0.244 e. The summed E-state index contributed by atoms with van der Waals surface area (Å²) in [7, 11) is -8.23. The fourth-order valence-electron chi connectivity index (χ4n) is 3.03. The van der Waals surface area contributed by atoms with E-state index in [4.69, 9.17) is 21.5 Å². The molecule has 0 saturated heterocycles. The number of nitrogens with one attached hydrogen (secondary N) is 2. The molecular formula is C19H16ClN3O5S2. The molecule has 11 heteroatoms. The molecule has 4 N–H and O–H groups in total. The molecule has 0 radical (unpaired) electrons. The number of sulfonamides is 2. The standard InChI is InChI=1S/C19H16ClN3O5S2/c20-15-10-16-18(11-17(15)29(21,24)25)30(26,27)23-19(22-16)12-5-4-8-14(9-12)28-13-6-2-1-3-7-13/h1-11,19,22-23H,(H2,21,24,25). The van der Waals surface area contributed by atoms with E-state index in [1.54, 1.807) is 36.4 Å². The first-order chi connectivity index (χ1) is 14.1. The Morgan fingerprint density at radius 1 is 0.967 bits per heavy atom. The van der Waals surface area contributed by atoms with Gasteiger partial charge in [-0.2, -0.15) is 4.72 Å². The molecule has 30 heavy (non-hydrogen) atoms. The zero-order valence-corrected chi connectivity index (χ0v) is 17.6. The third kappa shape index (κ3) is 4.13. The van der Waals surface area contributed by atoms with Crippen LogP contribution in [0.4, 0.5) is 5.69 Å². The van der Waals surface area contributed by atoms with Crippen LogP contribution in [0.1, 0.15) is 11.7 Å². The number of hydrogen-bond donors (Lipinski definition) is 3. The molecule has 1 unspecified atom stereocenters. The summed E-state index contributed by atoms with van der Waals surface area (Å²) in [5.74, 6) is 1.16. The topological polar surface area (TPSA) is 128 Å². The Kier molecular flexibility index (Phi) is 5.20. The molecule has 4 rings (SSSR count). The molecule has 1 aliphatic rings. The van der Waals surface area contributed by atoms with Crippen molar-refractivity contribution < 1.29 is 21.6 Å². The molecule has 1 atom stereocenters. The second-order valence-corrected chi connectivity index (χ2v) is 10.1. The normalized spacial score (nSPS) is 17.6. The maximum atomic E-state index is 12.8. The predicted molar refractivity (Wildman–Crippen MR) is 112 cm³/mol. The number of halogens is 1. The fraction of sp³-hybridized carbons (Fsp3) is 0.0526. The molecule has 3 aromatic rings. The highest BCUT2D eigenvalue weighted by Crippen LogP contribution is 2.37. The van der Waals surface area contributed by atoms with Gasteiger partial charge in [0.1, 0.15) is 27.5 Å². The lowest BCUT2D eigenvalue weighted by Crippen LogP contribution is -2.38. The summed E-state index contributed by atoms with van der Waals surface area (Å²) < 4.78 is 57.1. The van der Waals surface area contributed by atoms with Crippen LogP contribution in [-0.4, -0.2) is 16.8 Å². The lowest BCUT2D eigenvalue weighted by Gasteiger charge is -2.29. The number of nitrogens with two attached hydrogens (primary N) is 1. The van der Waals surface area contributed by atoms with Gasteiger partial charge in [-0.1, -0.05) is 41.9 Å². The highest BCUT2D eigenvalue weighted by molar-refractivity contribution is 7.90. The Balaban J connectivity index is 1.69. The lowest BCUT2D eigenvalue weighted by atomic mass is 10.1. The van der Waals surface area contributed by atoms with Crippen molar-refractivity contribution in [2.75, 3.05) is 5.32 Å². The van der Waals surface area contributed by atoms with Crippen LogP contribution in [0.3, 0.4) is 0 Å². The summed E-state index contributed by atoms with van der Waals surface area (Å²) >= 11 is 6.01. The Labute approximate surface area is 178 Å². The third-order valence-corrected chi connectivity index (χ3v) is 7.21. The second-order valence-electron chi connectivity index (χ2n) is 6.51. The first kappa shape index (κ1) is 20.6. The summed E-state index contributed by atoms with van der Waals surface area (Å²) in [5.41, 5.74) is 0.745. The number of fused-ring (bicyclic) bond motifs is 1. The SMILES string of the molecule is NS(=O)(=O)c1cc2c(cc1Cl)NC(c1cccc(Oc3ccccc3)c1)NS2(=O)=O. The summed E-state index contributed by atoms with van der Waals surface area (Å²) in [6.45, 7) is 0. The first-order valence-corrected chi connectivity index (χ1v) is 12.0. The van der Waals surface area contributed by atoms with Crippen molar-refractivity contribution >= 4 is 37.3 Å². The number of anilines is 1. The van der Waals surface area contributed by atoms with Gasteiger partial charge in [0, 0.05) is 0 Å². The van der Waals surface area contributed by atoms with Gasteiger partial charge in [-0.3, -0.25) is 0 Å². The van der Waals surface area contributed by atoms with E-state index in [2.05, 4.69) is 10.0 Å². The quantitative estimate of drug-likeness (QED) is 0.543. The summed E-state index contributed by atoms with van der Waals surface area (Å²) in [5, 5.41) is 7.95. The molecule has 0 amide bonds. The third-order valence-electron chi connectivity index (χ3n) is 4.37. The van der Waals surface area contributed by atoms with E-state index in [1.807, 2.05) is 18.2 Å². The Morgan fingerprint density at radius 2 is 1.67 bits per heavy atom. The molecule has 8 nitrogen and oxygen atoms in total. The highest BCUT2D eigenvalue weighted by atomic mass is 35.5. The largest absolute Gasteiger partial charge is 0.457 e. The predicted octanol–water partition coefficient (Wildman–Crippen LogP) is 3.18. The van der Waals surface area contributed by atoms with Crippen LogP contribution >= 0.6 is 11.6 Å². The molecule has 0 fully saturated rings. The molecule has 0 aromatic heterocycles. The first-order valence-electron chi connectivity index (χ1n) is 8.61. The van der Waals surface area contributed by atoms with Gasteiger partial charge in [0.25, 0.3) is 0 Å². The molecule has 3 aromatic carbocycles. The summed E-state index contributed by atoms with van der Waals surface area (Å²) in [6, 6.07) is 18.2. The van der Waals surface area contributed by atoms with E-state index in [1.165, 1.54) is 6.07 Å². The van der Waals surface area contributed by atoms with Crippen molar-refractivity contribution in [1.82, 2.24) is 4.72 Å². The zero-order valence-electron chi connectivity index (χ0n) is 15.2. The van der Waals surface area contributed by atoms with Crippen LogP contribution in [0.5, 0.6) is 11.5 Å². The number of benzene rings is 3. The van der Waals surface area contributed by atoms with Gasteiger partial charge in [0.15, 0.2) is 0 Å². The van der Waals surface area contributed by atoms with Crippen LogP contribution in [0.15, 0.2) is 76.5 Å². The molecule has 0 spiro atoms. The Hall–Kier alpha value is -2.63. The van der Waals surface area contributed by atoms with Crippen molar-refractivity contribution in [3.8, 4) is 11.5 Å². The van der Waals surface area contributed by atoms with Gasteiger partial charge >= 0.3 is 0 Å².